The van der Waals surface area contributed by atoms with Gasteiger partial charge >= 0.3 is 5.97 Å². The van der Waals surface area contributed by atoms with Gasteiger partial charge in [-0.05, 0) is 42.5 Å². The summed E-state index contributed by atoms with van der Waals surface area (Å²) in [4.78, 5) is 11.9. The molecule has 3 N–H and O–H groups in total. The van der Waals surface area contributed by atoms with Crippen molar-refractivity contribution in [3.8, 4) is 5.75 Å². The third-order valence-electron chi connectivity index (χ3n) is 4.04. The highest BCUT2D eigenvalue weighted by molar-refractivity contribution is 5.70. The second-order valence-electron chi connectivity index (χ2n) is 5.57. The smallest absolute Gasteiger partial charge is 0.306 e. The van der Waals surface area contributed by atoms with Crippen molar-refractivity contribution in [1.82, 2.24) is 0 Å². The molecular formula is C17H22O5. The van der Waals surface area contributed by atoms with Gasteiger partial charge in [0.1, 0.15) is 11.9 Å². The predicted octanol–water partition coefficient (Wildman–Crippen LogP) is 1.56. The second-order valence-corrected chi connectivity index (χ2v) is 5.57. The van der Waals surface area contributed by atoms with E-state index < -0.39 is 12.2 Å². The van der Waals surface area contributed by atoms with Crippen LogP contribution in [0.5, 0.6) is 5.75 Å². The Hall–Kier alpha value is -1.85. The number of hydrogen-bond acceptors (Lipinski definition) is 5. The maximum atomic E-state index is 11.9. The minimum Gasteiger partial charge on any atom is -0.508 e. The number of benzene rings is 1. The van der Waals surface area contributed by atoms with Crippen LogP contribution in [0.25, 0.3) is 0 Å². The van der Waals surface area contributed by atoms with Gasteiger partial charge in [-0.1, -0.05) is 18.2 Å². The average molecular weight is 306 g/mol. The van der Waals surface area contributed by atoms with E-state index in [0.29, 0.717) is 18.4 Å². The maximum absolute atomic E-state index is 11.9. The molecule has 0 spiro atoms. The van der Waals surface area contributed by atoms with Gasteiger partial charge in [0.2, 0.25) is 0 Å². The molecule has 1 aliphatic carbocycles. The molecule has 3 atom stereocenters. The quantitative estimate of drug-likeness (QED) is 0.567. The molecule has 1 aliphatic rings. The maximum Gasteiger partial charge on any atom is 0.306 e. The van der Waals surface area contributed by atoms with Gasteiger partial charge in [-0.25, -0.2) is 0 Å². The number of esters is 1. The van der Waals surface area contributed by atoms with Crippen molar-refractivity contribution in [2.75, 3.05) is 6.61 Å². The molecule has 0 amide bonds. The first kappa shape index (κ1) is 16.5. The molecule has 1 saturated carbocycles. The Morgan fingerprint density at radius 3 is 2.64 bits per heavy atom. The number of rotatable bonds is 5. The van der Waals surface area contributed by atoms with Crippen LogP contribution in [0.4, 0.5) is 0 Å². The molecule has 22 heavy (non-hydrogen) atoms. The number of phenols is 1. The number of phenolic OH excluding ortho intramolecular Hbond substituents is 1. The second kappa shape index (κ2) is 7.42. The molecule has 2 rings (SSSR count). The summed E-state index contributed by atoms with van der Waals surface area (Å²) in [5.74, 6) is -0.279. The van der Waals surface area contributed by atoms with Gasteiger partial charge in [-0.15, -0.1) is 0 Å². The van der Waals surface area contributed by atoms with E-state index in [0.717, 1.165) is 5.56 Å². The zero-order valence-corrected chi connectivity index (χ0v) is 12.6. The van der Waals surface area contributed by atoms with E-state index in [2.05, 4.69) is 0 Å². The average Bonchev–Trinajstić information content (AvgIpc) is 2.75. The van der Waals surface area contributed by atoms with Crippen LogP contribution in [0.3, 0.4) is 0 Å². The Morgan fingerprint density at radius 2 is 2.00 bits per heavy atom. The Morgan fingerprint density at radius 1 is 1.32 bits per heavy atom. The zero-order valence-electron chi connectivity index (χ0n) is 12.6. The van der Waals surface area contributed by atoms with Gasteiger partial charge in [0.25, 0.3) is 0 Å². The number of hydrogen-bond donors (Lipinski definition) is 3. The summed E-state index contributed by atoms with van der Waals surface area (Å²) in [5.41, 5.74) is 1.69. The third kappa shape index (κ3) is 4.08. The van der Waals surface area contributed by atoms with Crippen LogP contribution in [0.1, 0.15) is 25.3 Å². The van der Waals surface area contributed by atoms with Gasteiger partial charge < -0.3 is 20.1 Å². The molecule has 1 aromatic carbocycles. The Kier molecular flexibility index (Phi) is 5.57. The molecule has 0 saturated heterocycles. The van der Waals surface area contributed by atoms with Gasteiger partial charge in [-0.3, -0.25) is 4.79 Å². The van der Waals surface area contributed by atoms with E-state index >= 15 is 0 Å². The van der Waals surface area contributed by atoms with E-state index in [1.165, 1.54) is 0 Å². The van der Waals surface area contributed by atoms with Crippen LogP contribution in [-0.4, -0.2) is 40.1 Å². The Bertz CT molecular complexity index is 534. The number of aliphatic hydroxyl groups is 2. The Labute approximate surface area is 129 Å². The summed E-state index contributed by atoms with van der Waals surface area (Å²) in [7, 11) is 0. The molecule has 0 aromatic heterocycles. The fraction of sp³-hybridized carbons (Fsp3) is 0.471. The van der Waals surface area contributed by atoms with Crippen LogP contribution in [-0.2, 0) is 16.0 Å². The lowest BCUT2D eigenvalue weighted by Gasteiger charge is -2.12. The monoisotopic (exact) mass is 306 g/mol. The minimum atomic E-state index is -0.875. The van der Waals surface area contributed by atoms with Crippen LogP contribution in [0.15, 0.2) is 35.9 Å². The lowest BCUT2D eigenvalue weighted by molar-refractivity contribution is -0.144. The molecule has 0 heterocycles. The number of aliphatic hydroxyl groups excluding tert-OH is 2. The van der Waals surface area contributed by atoms with Gasteiger partial charge in [0.15, 0.2) is 0 Å². The Balaban J connectivity index is 1.77. The number of aromatic hydroxyl groups is 1. The highest BCUT2D eigenvalue weighted by Gasteiger charge is 2.37. The molecule has 1 aromatic rings. The normalized spacial score (nSPS) is 26.3. The molecule has 0 bridgehead atoms. The largest absolute Gasteiger partial charge is 0.508 e. The first-order chi connectivity index (χ1) is 10.5. The molecule has 5 heteroatoms. The topological polar surface area (TPSA) is 87.0 Å². The van der Waals surface area contributed by atoms with Crippen molar-refractivity contribution in [2.45, 2.75) is 38.4 Å². The van der Waals surface area contributed by atoms with Gasteiger partial charge in [0.05, 0.1) is 19.1 Å². The van der Waals surface area contributed by atoms with Crippen LogP contribution >= 0.6 is 0 Å². The molecule has 0 unspecified atom stereocenters. The summed E-state index contributed by atoms with van der Waals surface area (Å²) in [6.45, 7) is 2.06. The van der Waals surface area contributed by atoms with Crippen LogP contribution in [0, 0.1) is 5.92 Å². The van der Waals surface area contributed by atoms with E-state index in [1.54, 1.807) is 37.3 Å². The summed E-state index contributed by atoms with van der Waals surface area (Å²) < 4.78 is 5.21. The van der Waals surface area contributed by atoms with Crippen molar-refractivity contribution in [1.29, 1.82) is 0 Å². The first-order valence-corrected chi connectivity index (χ1v) is 7.47. The summed E-state index contributed by atoms with van der Waals surface area (Å²) in [6.07, 6.45) is 1.21. The van der Waals surface area contributed by atoms with Crippen molar-refractivity contribution < 1.29 is 24.9 Å². The third-order valence-corrected chi connectivity index (χ3v) is 4.04. The zero-order chi connectivity index (χ0) is 16.1. The lowest BCUT2D eigenvalue weighted by Crippen LogP contribution is -2.19. The summed E-state index contributed by atoms with van der Waals surface area (Å²) in [5, 5.41) is 28.7. The van der Waals surface area contributed by atoms with Crippen molar-refractivity contribution in [3.05, 3.63) is 41.5 Å². The van der Waals surface area contributed by atoms with Crippen LogP contribution < -0.4 is 0 Å². The number of carbonyl (C=O) groups excluding carboxylic acids is 1. The van der Waals surface area contributed by atoms with E-state index in [1.807, 2.05) is 0 Å². The first-order valence-electron chi connectivity index (χ1n) is 7.47. The molecule has 120 valence electrons. The van der Waals surface area contributed by atoms with Gasteiger partial charge in [-0.2, -0.15) is 0 Å². The number of allylic oxidation sites excluding steroid dienone is 1. The molecule has 1 fully saturated rings. The van der Waals surface area contributed by atoms with Crippen molar-refractivity contribution in [2.24, 2.45) is 5.92 Å². The molecular weight excluding hydrogens is 284 g/mol. The number of ether oxygens (including phenoxy) is 1. The summed E-state index contributed by atoms with van der Waals surface area (Å²) in [6, 6.07) is 6.75. The summed E-state index contributed by atoms with van der Waals surface area (Å²) >= 11 is 0. The molecule has 0 aliphatic heterocycles. The predicted molar refractivity (Wildman–Crippen MR) is 81.3 cm³/mol. The van der Waals surface area contributed by atoms with E-state index in [4.69, 9.17) is 4.74 Å². The van der Waals surface area contributed by atoms with Crippen LogP contribution in [0.2, 0.25) is 0 Å². The van der Waals surface area contributed by atoms with Gasteiger partial charge in [0, 0.05) is 6.42 Å². The van der Waals surface area contributed by atoms with E-state index in [-0.39, 0.29) is 30.7 Å². The number of carbonyl (C=O) groups is 1. The molecule has 5 nitrogen and oxygen atoms in total. The van der Waals surface area contributed by atoms with E-state index in [9.17, 15) is 20.1 Å². The van der Waals surface area contributed by atoms with Crippen molar-refractivity contribution >= 4 is 5.97 Å². The minimum absolute atomic E-state index is 0.156. The lowest BCUT2D eigenvalue weighted by atomic mass is 9.98. The highest BCUT2D eigenvalue weighted by atomic mass is 16.5. The molecule has 0 radical (unpaired) electrons. The fourth-order valence-electron chi connectivity index (χ4n) is 2.83. The SMILES string of the molecule is CC=C1[C@H](CC(=O)OCCc2ccc(O)cc2)C[C@@H](O)[C@H]1O. The fourth-order valence-corrected chi connectivity index (χ4v) is 2.83. The van der Waals surface area contributed by atoms with Crippen molar-refractivity contribution in [3.63, 3.8) is 0 Å². The highest BCUT2D eigenvalue weighted by Crippen LogP contribution is 2.34. The standard InChI is InChI=1S/C17H22O5/c1-2-14-12(9-15(19)17(14)21)10-16(20)22-8-7-11-3-5-13(18)6-4-11/h2-6,12,15,17-19,21H,7-10H2,1H3/t12-,15+,17-/m0/s1.